The number of anilines is 2. The zero-order valence-electron chi connectivity index (χ0n) is 12.8. The first kappa shape index (κ1) is 17.3. The maximum absolute atomic E-state index is 11.9. The lowest BCUT2D eigenvalue weighted by Gasteiger charge is -2.12. The van der Waals surface area contributed by atoms with Crippen LogP contribution in [-0.4, -0.2) is 39.4 Å². The quantitative estimate of drug-likeness (QED) is 0.538. The van der Waals surface area contributed by atoms with Crippen LogP contribution < -0.4 is 15.8 Å². The first-order valence-corrected chi connectivity index (χ1v) is 6.90. The fraction of sp³-hybridized carbons (Fsp3) is 0.533. The molecule has 1 aromatic carbocycles. The van der Waals surface area contributed by atoms with Crippen LogP contribution in [0.1, 0.15) is 19.8 Å². The van der Waals surface area contributed by atoms with Crippen molar-refractivity contribution in [2.45, 2.75) is 25.9 Å². The van der Waals surface area contributed by atoms with Crippen LogP contribution in [-0.2, 0) is 14.3 Å². The van der Waals surface area contributed by atoms with E-state index < -0.39 is 0 Å². The number of carbonyl (C=O) groups is 1. The van der Waals surface area contributed by atoms with Gasteiger partial charge in [-0.25, -0.2) is 0 Å². The summed E-state index contributed by atoms with van der Waals surface area (Å²) in [4.78, 5) is 11.9. The molecule has 0 aromatic heterocycles. The molecule has 1 unspecified atom stereocenters. The van der Waals surface area contributed by atoms with Gasteiger partial charge in [-0.15, -0.1) is 0 Å². The van der Waals surface area contributed by atoms with Gasteiger partial charge in [0.2, 0.25) is 5.91 Å². The standard InChI is InChI=1S/C15H24N2O4/c1-11(10-19-2)21-8-4-5-15(18)17-13-9-12(16)6-7-14(13)20-3/h6-7,9,11H,4-5,8,10,16H2,1-3H3,(H,17,18). The van der Waals surface area contributed by atoms with Crippen molar-refractivity contribution in [2.24, 2.45) is 0 Å². The van der Waals surface area contributed by atoms with Gasteiger partial charge in [-0.3, -0.25) is 4.79 Å². The van der Waals surface area contributed by atoms with Gasteiger partial charge >= 0.3 is 0 Å². The third-order valence-corrected chi connectivity index (χ3v) is 2.85. The monoisotopic (exact) mass is 296 g/mol. The van der Waals surface area contributed by atoms with E-state index in [-0.39, 0.29) is 12.0 Å². The molecule has 0 saturated carbocycles. The first-order chi connectivity index (χ1) is 10.1. The Kier molecular flexibility index (Phi) is 7.56. The van der Waals surface area contributed by atoms with Gasteiger partial charge in [-0.05, 0) is 31.5 Å². The summed E-state index contributed by atoms with van der Waals surface area (Å²) in [5.41, 5.74) is 6.85. The molecule has 0 spiro atoms. The minimum atomic E-state index is -0.0955. The lowest BCUT2D eigenvalue weighted by molar-refractivity contribution is -0.116. The molecule has 118 valence electrons. The summed E-state index contributed by atoms with van der Waals surface area (Å²) in [6.07, 6.45) is 1.05. The van der Waals surface area contributed by atoms with Gasteiger partial charge in [0, 0.05) is 25.8 Å². The third-order valence-electron chi connectivity index (χ3n) is 2.85. The Balaban J connectivity index is 2.35. The molecule has 3 N–H and O–H groups in total. The highest BCUT2D eigenvalue weighted by atomic mass is 16.5. The van der Waals surface area contributed by atoms with E-state index in [1.54, 1.807) is 32.4 Å². The molecule has 0 bridgehead atoms. The zero-order valence-corrected chi connectivity index (χ0v) is 12.8. The van der Waals surface area contributed by atoms with Crippen LogP contribution in [0.25, 0.3) is 0 Å². The molecule has 1 amide bonds. The molecule has 6 heteroatoms. The molecule has 6 nitrogen and oxygen atoms in total. The lowest BCUT2D eigenvalue weighted by atomic mass is 10.2. The van der Waals surface area contributed by atoms with Crippen molar-refractivity contribution < 1.29 is 19.0 Å². The second-order valence-corrected chi connectivity index (χ2v) is 4.75. The highest BCUT2D eigenvalue weighted by Crippen LogP contribution is 2.26. The number of nitrogens with one attached hydrogen (secondary N) is 1. The van der Waals surface area contributed by atoms with Gasteiger partial charge in [-0.1, -0.05) is 0 Å². The number of benzene rings is 1. The summed E-state index contributed by atoms with van der Waals surface area (Å²) in [6.45, 7) is 3.00. The second kappa shape index (κ2) is 9.20. The molecule has 0 fully saturated rings. The number of hydrogen-bond donors (Lipinski definition) is 2. The molecule has 21 heavy (non-hydrogen) atoms. The van der Waals surface area contributed by atoms with Crippen LogP contribution in [0.4, 0.5) is 11.4 Å². The van der Waals surface area contributed by atoms with E-state index in [4.69, 9.17) is 19.9 Å². The van der Waals surface area contributed by atoms with Crippen molar-refractivity contribution in [3.05, 3.63) is 18.2 Å². The van der Waals surface area contributed by atoms with Gasteiger partial charge in [0.25, 0.3) is 0 Å². The minimum Gasteiger partial charge on any atom is -0.495 e. The molecule has 0 aliphatic rings. The number of hydrogen-bond acceptors (Lipinski definition) is 5. The van der Waals surface area contributed by atoms with Crippen molar-refractivity contribution in [1.82, 2.24) is 0 Å². The highest BCUT2D eigenvalue weighted by Gasteiger charge is 2.08. The van der Waals surface area contributed by atoms with E-state index in [9.17, 15) is 4.79 Å². The van der Waals surface area contributed by atoms with Crippen molar-refractivity contribution >= 4 is 17.3 Å². The molecule has 0 saturated heterocycles. The van der Waals surface area contributed by atoms with Gasteiger partial charge < -0.3 is 25.3 Å². The van der Waals surface area contributed by atoms with E-state index in [0.29, 0.717) is 43.2 Å². The van der Waals surface area contributed by atoms with Crippen molar-refractivity contribution in [2.75, 3.05) is 38.5 Å². The van der Waals surface area contributed by atoms with E-state index in [0.717, 1.165) is 0 Å². The average molecular weight is 296 g/mol. The largest absolute Gasteiger partial charge is 0.495 e. The highest BCUT2D eigenvalue weighted by molar-refractivity contribution is 5.92. The van der Waals surface area contributed by atoms with Gasteiger partial charge in [0.1, 0.15) is 5.75 Å². The Hall–Kier alpha value is -1.79. The Morgan fingerprint density at radius 1 is 1.38 bits per heavy atom. The van der Waals surface area contributed by atoms with Crippen LogP contribution in [0, 0.1) is 0 Å². The topological polar surface area (TPSA) is 82.8 Å². The second-order valence-electron chi connectivity index (χ2n) is 4.75. The third kappa shape index (κ3) is 6.46. The number of amides is 1. The molecular weight excluding hydrogens is 272 g/mol. The van der Waals surface area contributed by atoms with E-state index in [1.165, 1.54) is 0 Å². The van der Waals surface area contributed by atoms with E-state index in [2.05, 4.69) is 5.32 Å². The summed E-state index contributed by atoms with van der Waals surface area (Å²) in [7, 11) is 3.18. The normalized spacial score (nSPS) is 12.0. The maximum Gasteiger partial charge on any atom is 0.224 e. The summed E-state index contributed by atoms with van der Waals surface area (Å²) in [5, 5.41) is 2.79. The number of ether oxygens (including phenoxy) is 3. The molecule has 1 rings (SSSR count). The lowest BCUT2D eigenvalue weighted by Crippen LogP contribution is -2.17. The summed E-state index contributed by atoms with van der Waals surface area (Å²) in [6, 6.07) is 5.12. The molecule has 1 atom stereocenters. The van der Waals surface area contributed by atoms with Gasteiger partial charge in [0.15, 0.2) is 0 Å². The number of carbonyl (C=O) groups excluding carboxylic acids is 1. The van der Waals surface area contributed by atoms with E-state index >= 15 is 0 Å². The van der Waals surface area contributed by atoms with Crippen LogP contribution in [0.5, 0.6) is 5.75 Å². The number of methoxy groups -OCH3 is 2. The average Bonchev–Trinajstić information content (AvgIpc) is 2.44. The predicted octanol–water partition coefficient (Wildman–Crippen LogP) is 2.05. The molecule has 0 radical (unpaired) electrons. The molecule has 0 heterocycles. The molecular formula is C15H24N2O4. The van der Waals surface area contributed by atoms with Crippen LogP contribution in [0.15, 0.2) is 18.2 Å². The Labute approximate surface area is 125 Å². The van der Waals surface area contributed by atoms with Gasteiger partial charge in [-0.2, -0.15) is 0 Å². The van der Waals surface area contributed by atoms with Crippen molar-refractivity contribution in [1.29, 1.82) is 0 Å². The van der Waals surface area contributed by atoms with Crippen LogP contribution >= 0.6 is 0 Å². The Bertz CT molecular complexity index is 451. The van der Waals surface area contributed by atoms with Gasteiger partial charge in [0.05, 0.1) is 25.5 Å². The van der Waals surface area contributed by atoms with Crippen LogP contribution in [0.3, 0.4) is 0 Å². The van der Waals surface area contributed by atoms with E-state index in [1.807, 2.05) is 6.92 Å². The Morgan fingerprint density at radius 3 is 2.81 bits per heavy atom. The van der Waals surface area contributed by atoms with Crippen molar-refractivity contribution in [3.63, 3.8) is 0 Å². The minimum absolute atomic E-state index is 0.0343. The first-order valence-electron chi connectivity index (χ1n) is 6.90. The molecule has 1 aromatic rings. The predicted molar refractivity (Wildman–Crippen MR) is 82.6 cm³/mol. The number of rotatable bonds is 9. The number of nitrogen functional groups attached to an aromatic ring is 1. The molecule has 0 aliphatic carbocycles. The fourth-order valence-electron chi connectivity index (χ4n) is 1.84. The Morgan fingerprint density at radius 2 is 2.14 bits per heavy atom. The fourth-order valence-corrected chi connectivity index (χ4v) is 1.84. The smallest absolute Gasteiger partial charge is 0.224 e. The number of nitrogens with two attached hydrogens (primary N) is 1. The summed E-state index contributed by atoms with van der Waals surface area (Å²) < 4.78 is 15.6. The maximum atomic E-state index is 11.9. The van der Waals surface area contributed by atoms with Crippen molar-refractivity contribution in [3.8, 4) is 5.75 Å². The zero-order chi connectivity index (χ0) is 15.7. The van der Waals surface area contributed by atoms with Crippen LogP contribution in [0.2, 0.25) is 0 Å². The molecule has 0 aliphatic heterocycles. The SMILES string of the molecule is COCC(C)OCCCC(=O)Nc1cc(N)ccc1OC. The summed E-state index contributed by atoms with van der Waals surface area (Å²) >= 11 is 0. The summed E-state index contributed by atoms with van der Waals surface area (Å²) in [5.74, 6) is 0.490.